The number of hydrogen-bond donors (Lipinski definition) is 2. The molecule has 1 heterocycles. The lowest BCUT2D eigenvalue weighted by molar-refractivity contribution is 0.415. The van der Waals surface area contributed by atoms with Crippen molar-refractivity contribution in [3.05, 3.63) is 54.1 Å². The van der Waals surface area contributed by atoms with Crippen LogP contribution in [0.1, 0.15) is 5.56 Å². The Labute approximate surface area is 134 Å². The van der Waals surface area contributed by atoms with E-state index in [9.17, 15) is 5.11 Å². The van der Waals surface area contributed by atoms with E-state index in [-0.39, 0.29) is 11.7 Å². The van der Waals surface area contributed by atoms with Gasteiger partial charge in [0.05, 0.1) is 18.5 Å². The molecule has 0 spiro atoms. The first kappa shape index (κ1) is 14.8. The van der Waals surface area contributed by atoms with Gasteiger partial charge in [0.25, 0.3) is 0 Å². The second kappa shape index (κ2) is 5.96. The normalized spacial score (nSPS) is 10.5. The van der Waals surface area contributed by atoms with Gasteiger partial charge in [-0.15, -0.1) is 0 Å². The van der Waals surface area contributed by atoms with E-state index >= 15 is 0 Å². The largest absolute Gasteiger partial charge is 0.507 e. The maximum atomic E-state index is 10.1. The van der Waals surface area contributed by atoms with E-state index in [0.29, 0.717) is 17.0 Å². The smallest absolute Gasteiger partial charge is 0.221 e. The quantitative estimate of drug-likeness (QED) is 0.775. The molecule has 0 aliphatic carbocycles. The first-order valence-corrected chi connectivity index (χ1v) is 7.16. The number of hydrogen-bond acceptors (Lipinski definition) is 5. The number of rotatable bonds is 3. The number of aromatic hydroxyl groups is 1. The molecule has 0 fully saturated rings. The van der Waals surface area contributed by atoms with Gasteiger partial charge in [-0.1, -0.05) is 11.6 Å². The van der Waals surface area contributed by atoms with Crippen LogP contribution >= 0.6 is 0 Å². The van der Waals surface area contributed by atoms with Crippen molar-refractivity contribution in [1.82, 2.24) is 9.97 Å². The van der Waals surface area contributed by atoms with Gasteiger partial charge in [0, 0.05) is 11.1 Å². The van der Waals surface area contributed by atoms with Crippen LogP contribution in [0.3, 0.4) is 0 Å². The summed E-state index contributed by atoms with van der Waals surface area (Å²) in [6, 6.07) is 14.7. The summed E-state index contributed by atoms with van der Waals surface area (Å²) < 4.78 is 5.16. The Morgan fingerprint density at radius 3 is 2.35 bits per heavy atom. The van der Waals surface area contributed by atoms with Crippen LogP contribution in [0.15, 0.2) is 48.5 Å². The highest BCUT2D eigenvalue weighted by Gasteiger charge is 2.11. The highest BCUT2D eigenvalue weighted by molar-refractivity contribution is 5.73. The van der Waals surface area contributed by atoms with Gasteiger partial charge < -0.3 is 15.6 Å². The number of nitrogen functional groups attached to an aromatic ring is 1. The molecule has 5 heteroatoms. The lowest BCUT2D eigenvalue weighted by Gasteiger charge is -2.09. The van der Waals surface area contributed by atoms with E-state index in [1.165, 1.54) is 0 Å². The molecule has 116 valence electrons. The first-order valence-electron chi connectivity index (χ1n) is 7.16. The van der Waals surface area contributed by atoms with Crippen LogP contribution in [0.4, 0.5) is 5.95 Å². The predicted octanol–water partition coefficient (Wildman–Crippen LogP) is 3.42. The minimum atomic E-state index is 0.161. The van der Waals surface area contributed by atoms with Gasteiger partial charge in [-0.3, -0.25) is 0 Å². The van der Waals surface area contributed by atoms with Gasteiger partial charge in [-0.2, -0.15) is 0 Å². The molecule has 1 aromatic heterocycles. The Kier molecular flexibility index (Phi) is 3.85. The van der Waals surface area contributed by atoms with Crippen LogP contribution in [0.2, 0.25) is 0 Å². The summed E-state index contributed by atoms with van der Waals surface area (Å²) in [6.45, 7) is 1.96. The third-order valence-corrected chi connectivity index (χ3v) is 3.56. The van der Waals surface area contributed by atoms with E-state index < -0.39 is 0 Å². The third kappa shape index (κ3) is 3.08. The van der Waals surface area contributed by atoms with Crippen LogP contribution in [0, 0.1) is 6.92 Å². The topological polar surface area (TPSA) is 81.3 Å². The minimum absolute atomic E-state index is 0.161. The molecular weight excluding hydrogens is 290 g/mol. The van der Waals surface area contributed by atoms with Gasteiger partial charge >= 0.3 is 0 Å². The zero-order valence-electron chi connectivity index (χ0n) is 12.9. The highest BCUT2D eigenvalue weighted by atomic mass is 16.5. The summed E-state index contributed by atoms with van der Waals surface area (Å²) in [5.41, 5.74) is 9.69. The van der Waals surface area contributed by atoms with Gasteiger partial charge in [0.15, 0.2) is 0 Å². The molecular formula is C18H17N3O2. The van der Waals surface area contributed by atoms with Crippen LogP contribution in [0.25, 0.3) is 22.5 Å². The van der Waals surface area contributed by atoms with Gasteiger partial charge in [0.2, 0.25) is 5.95 Å². The minimum Gasteiger partial charge on any atom is -0.507 e. The molecule has 3 N–H and O–H groups in total. The molecule has 2 aromatic carbocycles. The summed E-state index contributed by atoms with van der Waals surface area (Å²) in [5.74, 6) is 1.09. The standard InChI is InChI=1S/C18H17N3O2/c1-11-3-8-17(22)14(9-11)16-10-15(20-18(19)21-16)12-4-6-13(23-2)7-5-12/h3-10,22H,1-2H3,(H2,19,20,21). The first-order chi connectivity index (χ1) is 11.1. The van der Waals surface area contributed by atoms with Crippen molar-refractivity contribution in [1.29, 1.82) is 0 Å². The number of ether oxygens (including phenoxy) is 1. The number of nitrogens with two attached hydrogens (primary N) is 1. The zero-order chi connectivity index (χ0) is 16.4. The average molecular weight is 307 g/mol. The summed E-state index contributed by atoms with van der Waals surface area (Å²) in [7, 11) is 1.62. The summed E-state index contributed by atoms with van der Waals surface area (Å²) >= 11 is 0. The fourth-order valence-electron chi connectivity index (χ4n) is 2.37. The Bertz CT molecular complexity index is 845. The van der Waals surface area contributed by atoms with Crippen LogP contribution < -0.4 is 10.5 Å². The number of anilines is 1. The Morgan fingerprint density at radius 2 is 1.65 bits per heavy atom. The van der Waals surface area contributed by atoms with Crippen molar-refractivity contribution in [3.63, 3.8) is 0 Å². The zero-order valence-corrected chi connectivity index (χ0v) is 12.9. The van der Waals surface area contributed by atoms with Crippen LogP contribution in [-0.2, 0) is 0 Å². The van der Waals surface area contributed by atoms with E-state index in [1.54, 1.807) is 13.2 Å². The fraction of sp³-hybridized carbons (Fsp3) is 0.111. The van der Waals surface area contributed by atoms with Gasteiger partial charge in [-0.25, -0.2) is 9.97 Å². The van der Waals surface area contributed by atoms with Gasteiger partial charge in [-0.05, 0) is 49.4 Å². The molecule has 0 radical (unpaired) electrons. The maximum Gasteiger partial charge on any atom is 0.221 e. The third-order valence-electron chi connectivity index (χ3n) is 3.56. The lowest BCUT2D eigenvalue weighted by atomic mass is 10.0. The molecule has 0 saturated carbocycles. The lowest BCUT2D eigenvalue weighted by Crippen LogP contribution is -1.99. The van der Waals surface area contributed by atoms with Crippen molar-refractivity contribution in [2.45, 2.75) is 6.92 Å². The molecule has 0 atom stereocenters. The molecule has 0 saturated heterocycles. The predicted molar refractivity (Wildman–Crippen MR) is 90.3 cm³/mol. The number of benzene rings is 2. The van der Waals surface area contributed by atoms with E-state index in [4.69, 9.17) is 10.5 Å². The molecule has 0 unspecified atom stereocenters. The number of aromatic nitrogens is 2. The summed E-state index contributed by atoms with van der Waals surface area (Å²) in [4.78, 5) is 8.53. The second-order valence-corrected chi connectivity index (χ2v) is 5.25. The second-order valence-electron chi connectivity index (χ2n) is 5.25. The summed E-state index contributed by atoms with van der Waals surface area (Å²) in [6.07, 6.45) is 0. The van der Waals surface area contributed by atoms with Crippen LogP contribution in [-0.4, -0.2) is 22.2 Å². The molecule has 0 bridgehead atoms. The highest BCUT2D eigenvalue weighted by Crippen LogP contribution is 2.31. The molecule has 0 amide bonds. The number of aryl methyl sites for hydroxylation is 1. The van der Waals surface area contributed by atoms with Crippen molar-refractivity contribution in [3.8, 4) is 34.0 Å². The number of nitrogens with zero attached hydrogens (tertiary/aromatic N) is 2. The summed E-state index contributed by atoms with van der Waals surface area (Å²) in [5, 5.41) is 10.1. The van der Waals surface area contributed by atoms with Crippen molar-refractivity contribution in [2.24, 2.45) is 0 Å². The van der Waals surface area contributed by atoms with Crippen LogP contribution in [0.5, 0.6) is 11.5 Å². The van der Waals surface area contributed by atoms with E-state index in [0.717, 1.165) is 16.9 Å². The molecule has 0 aliphatic heterocycles. The number of methoxy groups -OCH3 is 1. The molecule has 5 nitrogen and oxygen atoms in total. The SMILES string of the molecule is COc1ccc(-c2cc(-c3cc(C)ccc3O)nc(N)n2)cc1. The van der Waals surface area contributed by atoms with Crippen molar-refractivity contribution >= 4 is 5.95 Å². The molecule has 3 aromatic rings. The molecule has 0 aliphatic rings. The maximum absolute atomic E-state index is 10.1. The van der Waals surface area contributed by atoms with E-state index in [1.807, 2.05) is 49.4 Å². The Balaban J connectivity index is 2.10. The molecule has 3 rings (SSSR count). The van der Waals surface area contributed by atoms with Crippen molar-refractivity contribution < 1.29 is 9.84 Å². The average Bonchev–Trinajstić information content (AvgIpc) is 2.56. The monoisotopic (exact) mass is 307 g/mol. The number of phenolic OH excluding ortho intramolecular Hbond substituents is 1. The number of phenols is 1. The Morgan fingerprint density at radius 1 is 0.957 bits per heavy atom. The molecule has 23 heavy (non-hydrogen) atoms. The Hall–Kier alpha value is -3.08. The van der Waals surface area contributed by atoms with Crippen molar-refractivity contribution in [2.75, 3.05) is 12.8 Å². The van der Waals surface area contributed by atoms with E-state index in [2.05, 4.69) is 9.97 Å². The fourth-order valence-corrected chi connectivity index (χ4v) is 2.37. The van der Waals surface area contributed by atoms with Gasteiger partial charge in [0.1, 0.15) is 11.5 Å².